The molecule has 1 amide bonds. The number of amides is 1. The number of sulfonamides is 1. The third-order valence-corrected chi connectivity index (χ3v) is 5.64. The van der Waals surface area contributed by atoms with Crippen molar-refractivity contribution in [2.45, 2.75) is 24.9 Å². The number of H-pyrrole nitrogens is 1. The van der Waals surface area contributed by atoms with Crippen LogP contribution in [0.15, 0.2) is 29.2 Å². The topological polar surface area (TPSA) is 95.2 Å². The van der Waals surface area contributed by atoms with Crippen LogP contribution >= 0.6 is 0 Å². The second-order valence-electron chi connectivity index (χ2n) is 5.65. The van der Waals surface area contributed by atoms with Gasteiger partial charge in [0.05, 0.1) is 23.5 Å². The lowest BCUT2D eigenvalue weighted by atomic mass is 10.2. The molecule has 0 bridgehead atoms. The Bertz CT molecular complexity index is 903. The van der Waals surface area contributed by atoms with Crippen molar-refractivity contribution in [1.82, 2.24) is 14.5 Å². The van der Waals surface area contributed by atoms with Crippen molar-refractivity contribution in [2.75, 3.05) is 18.9 Å². The van der Waals surface area contributed by atoms with Gasteiger partial charge in [0.1, 0.15) is 4.90 Å². The van der Waals surface area contributed by atoms with Crippen LogP contribution in [-0.4, -0.2) is 42.4 Å². The van der Waals surface area contributed by atoms with Gasteiger partial charge in [-0.25, -0.2) is 8.42 Å². The molecule has 0 fully saturated rings. The largest absolute Gasteiger partial charge is 0.416 e. The molecule has 0 saturated carbocycles. The van der Waals surface area contributed by atoms with E-state index < -0.39 is 34.2 Å². The standard InChI is InChI=1S/C15H17F3N4O3S/c1-9-14(10(2)21-20-9)26(24,25)22(3)8-13(23)19-12-6-4-5-11(7-12)15(16,17)18/h4-7H,8H2,1-3H3,(H,19,23)(H,20,21). The van der Waals surface area contributed by atoms with Gasteiger partial charge in [-0.2, -0.15) is 22.6 Å². The third-order valence-electron chi connectivity index (χ3n) is 3.57. The maximum absolute atomic E-state index is 12.7. The van der Waals surface area contributed by atoms with Crippen LogP contribution < -0.4 is 5.32 Å². The molecule has 1 aromatic carbocycles. The van der Waals surface area contributed by atoms with Crippen molar-refractivity contribution in [3.05, 3.63) is 41.2 Å². The molecular weight excluding hydrogens is 373 g/mol. The SMILES string of the molecule is Cc1n[nH]c(C)c1S(=O)(=O)N(C)CC(=O)Nc1cccc(C(F)(F)F)c1. The van der Waals surface area contributed by atoms with Gasteiger partial charge in [-0.05, 0) is 32.0 Å². The van der Waals surface area contributed by atoms with E-state index in [1.165, 1.54) is 27.0 Å². The van der Waals surface area contributed by atoms with Crippen LogP contribution in [0.4, 0.5) is 18.9 Å². The summed E-state index contributed by atoms with van der Waals surface area (Å²) >= 11 is 0. The summed E-state index contributed by atoms with van der Waals surface area (Å²) in [6, 6.07) is 4.08. The summed E-state index contributed by atoms with van der Waals surface area (Å²) in [5.74, 6) is -0.769. The average Bonchev–Trinajstić information content (AvgIpc) is 2.86. The summed E-state index contributed by atoms with van der Waals surface area (Å²) in [7, 11) is -2.78. The van der Waals surface area contributed by atoms with Gasteiger partial charge in [-0.15, -0.1) is 0 Å². The van der Waals surface area contributed by atoms with Gasteiger partial charge in [0, 0.05) is 12.7 Å². The minimum Gasteiger partial charge on any atom is -0.325 e. The Labute approximate surface area is 148 Å². The molecule has 2 N–H and O–H groups in total. The number of carbonyl (C=O) groups is 1. The molecule has 0 saturated heterocycles. The van der Waals surface area contributed by atoms with Gasteiger partial charge in [-0.1, -0.05) is 6.07 Å². The Morgan fingerprint density at radius 1 is 1.31 bits per heavy atom. The smallest absolute Gasteiger partial charge is 0.325 e. The van der Waals surface area contributed by atoms with Crippen LogP contribution in [0.25, 0.3) is 0 Å². The van der Waals surface area contributed by atoms with E-state index in [1.54, 1.807) is 0 Å². The highest BCUT2D eigenvalue weighted by Crippen LogP contribution is 2.30. The molecule has 7 nitrogen and oxygen atoms in total. The first-order valence-electron chi connectivity index (χ1n) is 7.38. The predicted molar refractivity (Wildman–Crippen MR) is 88.0 cm³/mol. The molecule has 26 heavy (non-hydrogen) atoms. The third kappa shape index (κ3) is 4.22. The zero-order valence-corrected chi connectivity index (χ0v) is 15.0. The zero-order chi connectivity index (χ0) is 19.7. The summed E-state index contributed by atoms with van der Waals surface area (Å²) in [4.78, 5) is 12.0. The maximum Gasteiger partial charge on any atom is 0.416 e. The number of hydrogen-bond donors (Lipinski definition) is 2. The molecule has 0 aliphatic heterocycles. The lowest BCUT2D eigenvalue weighted by Gasteiger charge is -2.17. The Hall–Kier alpha value is -2.40. The number of aromatic nitrogens is 2. The van der Waals surface area contributed by atoms with Gasteiger partial charge in [0.2, 0.25) is 15.9 Å². The average molecular weight is 390 g/mol. The van der Waals surface area contributed by atoms with Crippen molar-refractivity contribution >= 4 is 21.6 Å². The van der Waals surface area contributed by atoms with Crippen LogP contribution in [0.1, 0.15) is 17.0 Å². The number of anilines is 1. The van der Waals surface area contributed by atoms with Crippen LogP contribution in [-0.2, 0) is 21.0 Å². The molecule has 0 atom stereocenters. The fourth-order valence-corrected chi connectivity index (χ4v) is 3.79. The normalized spacial score (nSPS) is 12.4. The molecule has 2 rings (SSSR count). The van der Waals surface area contributed by atoms with Crippen molar-refractivity contribution in [1.29, 1.82) is 0 Å². The monoisotopic (exact) mass is 390 g/mol. The summed E-state index contributed by atoms with van der Waals surface area (Å²) in [5.41, 5.74) is -0.410. The van der Waals surface area contributed by atoms with Crippen molar-refractivity contribution in [3.63, 3.8) is 0 Å². The van der Waals surface area contributed by atoms with Crippen molar-refractivity contribution in [3.8, 4) is 0 Å². The lowest BCUT2D eigenvalue weighted by Crippen LogP contribution is -2.35. The summed E-state index contributed by atoms with van der Waals surface area (Å²) < 4.78 is 64.0. The number of halogens is 3. The Morgan fingerprint density at radius 2 is 1.96 bits per heavy atom. The van der Waals surface area contributed by atoms with Gasteiger partial charge in [0.15, 0.2) is 0 Å². The van der Waals surface area contributed by atoms with Crippen LogP contribution in [0.2, 0.25) is 0 Å². The van der Waals surface area contributed by atoms with E-state index in [9.17, 15) is 26.4 Å². The van der Waals surface area contributed by atoms with E-state index in [1.807, 2.05) is 0 Å². The Morgan fingerprint density at radius 3 is 2.50 bits per heavy atom. The molecule has 142 valence electrons. The zero-order valence-electron chi connectivity index (χ0n) is 14.2. The minimum absolute atomic E-state index is 0.0353. The van der Waals surface area contributed by atoms with Crippen LogP contribution in [0.5, 0.6) is 0 Å². The highest BCUT2D eigenvalue weighted by molar-refractivity contribution is 7.89. The number of alkyl halides is 3. The van der Waals surface area contributed by atoms with E-state index in [0.29, 0.717) is 5.69 Å². The quantitative estimate of drug-likeness (QED) is 0.819. The molecular formula is C15H17F3N4O3S. The lowest BCUT2D eigenvalue weighted by molar-refractivity contribution is -0.137. The Balaban J connectivity index is 2.13. The van der Waals surface area contributed by atoms with Gasteiger partial charge >= 0.3 is 6.18 Å². The number of aromatic amines is 1. The highest BCUT2D eigenvalue weighted by atomic mass is 32.2. The number of hydrogen-bond acceptors (Lipinski definition) is 4. The number of rotatable bonds is 5. The van der Waals surface area contributed by atoms with Crippen molar-refractivity contribution < 1.29 is 26.4 Å². The fourth-order valence-electron chi connectivity index (χ4n) is 2.34. The number of likely N-dealkylation sites (N-methyl/N-ethyl adjacent to an activating group) is 1. The highest BCUT2D eigenvalue weighted by Gasteiger charge is 2.31. The minimum atomic E-state index is -4.54. The first kappa shape index (κ1) is 19.9. The second-order valence-corrected chi connectivity index (χ2v) is 7.63. The number of benzene rings is 1. The Kier molecular flexibility index (Phi) is 5.42. The maximum atomic E-state index is 12.7. The van der Waals surface area contributed by atoms with E-state index in [0.717, 1.165) is 22.5 Å². The van der Waals surface area contributed by atoms with E-state index in [2.05, 4.69) is 15.5 Å². The number of nitrogens with zero attached hydrogens (tertiary/aromatic N) is 2. The molecule has 1 aromatic heterocycles. The molecule has 0 aliphatic carbocycles. The molecule has 0 unspecified atom stereocenters. The molecule has 0 radical (unpaired) electrons. The van der Waals surface area contributed by atoms with E-state index in [-0.39, 0.29) is 16.3 Å². The first-order valence-corrected chi connectivity index (χ1v) is 8.82. The van der Waals surface area contributed by atoms with Gasteiger partial charge in [0.25, 0.3) is 0 Å². The first-order chi connectivity index (χ1) is 11.9. The van der Waals surface area contributed by atoms with Crippen molar-refractivity contribution in [2.24, 2.45) is 0 Å². The van der Waals surface area contributed by atoms with E-state index >= 15 is 0 Å². The second kappa shape index (κ2) is 7.08. The molecule has 11 heteroatoms. The molecule has 0 aliphatic rings. The molecule has 1 heterocycles. The van der Waals surface area contributed by atoms with Gasteiger partial charge in [-0.3, -0.25) is 9.89 Å². The van der Waals surface area contributed by atoms with Gasteiger partial charge < -0.3 is 5.32 Å². The number of aryl methyl sites for hydroxylation is 2. The fraction of sp³-hybridized carbons (Fsp3) is 0.333. The summed E-state index contributed by atoms with van der Waals surface area (Å²) in [5, 5.41) is 8.62. The van der Waals surface area contributed by atoms with Crippen LogP contribution in [0, 0.1) is 13.8 Å². The molecule has 2 aromatic rings. The van der Waals surface area contributed by atoms with Crippen LogP contribution in [0.3, 0.4) is 0 Å². The number of nitrogens with one attached hydrogen (secondary N) is 2. The van der Waals surface area contributed by atoms with E-state index in [4.69, 9.17) is 0 Å². The predicted octanol–water partition coefficient (Wildman–Crippen LogP) is 2.30. The number of carbonyl (C=O) groups excluding carboxylic acids is 1. The summed E-state index contributed by atoms with van der Waals surface area (Å²) in [6.07, 6.45) is -4.54. The molecule has 0 spiro atoms. The summed E-state index contributed by atoms with van der Waals surface area (Å²) in [6.45, 7) is 2.47.